The first-order valence-electron chi connectivity index (χ1n) is 17.3. The number of nitrogens with zero attached hydrogens (tertiary/aromatic N) is 4. The van der Waals surface area contributed by atoms with Crippen LogP contribution in [-0.2, 0) is 10.2 Å². The van der Waals surface area contributed by atoms with Crippen LogP contribution in [0.2, 0.25) is 5.02 Å². The van der Waals surface area contributed by atoms with Crippen LogP contribution in [-0.4, -0.2) is 43.3 Å². The molecule has 4 rings (SSSR count). The van der Waals surface area contributed by atoms with Crippen molar-refractivity contribution in [3.05, 3.63) is 68.9 Å². The summed E-state index contributed by atoms with van der Waals surface area (Å²) in [5.74, 6) is -0.261. The van der Waals surface area contributed by atoms with Crippen LogP contribution in [0.5, 0.6) is 0 Å². The van der Waals surface area contributed by atoms with E-state index in [0.717, 1.165) is 19.3 Å². The second-order valence-corrected chi connectivity index (χ2v) is 13.8. The zero-order chi connectivity index (χ0) is 35.4. The highest BCUT2D eigenvalue weighted by molar-refractivity contribution is 6.34. The number of nitrogens with one attached hydrogen (secondary N) is 3. The Kier molecular flexibility index (Phi) is 13.6. The van der Waals surface area contributed by atoms with E-state index in [1.807, 2.05) is 20.8 Å². The lowest BCUT2D eigenvalue weighted by molar-refractivity contribution is -0.384. The summed E-state index contributed by atoms with van der Waals surface area (Å²) in [6.07, 6.45) is 14.1. The Hall–Kier alpha value is -4.45. The molecule has 3 N–H and O–H groups in total. The molecular formula is C36H48ClN7O5. The van der Waals surface area contributed by atoms with E-state index in [4.69, 9.17) is 16.3 Å². The molecule has 13 heteroatoms. The molecule has 0 atom stereocenters. The van der Waals surface area contributed by atoms with E-state index in [1.54, 1.807) is 18.2 Å². The van der Waals surface area contributed by atoms with E-state index < -0.39 is 16.9 Å². The Labute approximate surface area is 292 Å². The van der Waals surface area contributed by atoms with Gasteiger partial charge in [0.15, 0.2) is 11.5 Å². The third-order valence-electron chi connectivity index (χ3n) is 8.27. The summed E-state index contributed by atoms with van der Waals surface area (Å²) in [7, 11) is 0. The lowest BCUT2D eigenvalue weighted by Gasteiger charge is -2.14. The number of benzene rings is 2. The summed E-state index contributed by atoms with van der Waals surface area (Å²) in [5, 5.41) is 26.4. The Balaban J connectivity index is 1.30. The molecule has 12 nitrogen and oxygen atoms in total. The number of hydrogen-bond donors (Lipinski definition) is 3. The molecule has 4 aromatic rings. The van der Waals surface area contributed by atoms with Crippen LogP contribution in [0.1, 0.15) is 121 Å². The third kappa shape index (κ3) is 10.8. The number of hydrogen-bond acceptors (Lipinski definition) is 7. The average Bonchev–Trinajstić information content (AvgIpc) is 3.62. The van der Waals surface area contributed by atoms with Crippen LogP contribution >= 0.6 is 11.6 Å². The van der Waals surface area contributed by atoms with Crippen LogP contribution < -0.4 is 10.6 Å². The van der Waals surface area contributed by atoms with Crippen LogP contribution in [0.3, 0.4) is 0 Å². The number of non-ortho nitro benzene ring substituents is 1. The lowest BCUT2D eigenvalue weighted by atomic mass is 9.92. The maximum absolute atomic E-state index is 13.3. The van der Waals surface area contributed by atoms with Gasteiger partial charge in [-0.1, -0.05) is 116 Å². The van der Waals surface area contributed by atoms with Gasteiger partial charge in [-0.2, -0.15) is 5.10 Å². The van der Waals surface area contributed by atoms with Crippen molar-refractivity contribution >= 4 is 46.3 Å². The van der Waals surface area contributed by atoms with E-state index in [2.05, 4.69) is 32.7 Å². The fraction of sp³-hybridized carbons (Fsp3) is 0.500. The maximum Gasteiger partial charge on any atom is 0.411 e. The molecule has 0 aliphatic rings. The Morgan fingerprint density at radius 3 is 2.18 bits per heavy atom. The fourth-order valence-electron chi connectivity index (χ4n) is 5.54. The van der Waals surface area contributed by atoms with Gasteiger partial charge >= 0.3 is 6.09 Å². The van der Waals surface area contributed by atoms with E-state index in [-0.39, 0.29) is 33.7 Å². The van der Waals surface area contributed by atoms with Gasteiger partial charge in [0.25, 0.3) is 11.6 Å². The van der Waals surface area contributed by atoms with Gasteiger partial charge in [-0.15, -0.1) is 9.73 Å². The van der Waals surface area contributed by atoms with E-state index in [9.17, 15) is 19.7 Å². The third-order valence-corrected chi connectivity index (χ3v) is 8.63. The molecule has 0 aliphatic heterocycles. The smallest absolute Gasteiger partial charge is 0.411 e. The molecule has 0 unspecified atom stereocenters. The van der Waals surface area contributed by atoms with Crippen molar-refractivity contribution < 1.29 is 19.2 Å². The van der Waals surface area contributed by atoms with Gasteiger partial charge in [0.05, 0.1) is 22.9 Å². The van der Waals surface area contributed by atoms with E-state index in [0.29, 0.717) is 28.7 Å². The zero-order valence-corrected chi connectivity index (χ0v) is 29.7. The number of halogens is 1. The second-order valence-electron chi connectivity index (χ2n) is 13.4. The van der Waals surface area contributed by atoms with Crippen LogP contribution in [0, 0.1) is 10.1 Å². The summed E-state index contributed by atoms with van der Waals surface area (Å²) in [4.78, 5) is 39.9. The van der Waals surface area contributed by atoms with Gasteiger partial charge < -0.3 is 15.0 Å². The Morgan fingerprint density at radius 2 is 1.57 bits per heavy atom. The summed E-state index contributed by atoms with van der Waals surface area (Å²) < 4.78 is 6.69. The van der Waals surface area contributed by atoms with Crippen molar-refractivity contribution in [2.24, 2.45) is 0 Å². The average molecular weight is 694 g/mol. The number of carbonyl (C=O) groups is 2. The molecular weight excluding hydrogens is 646 g/mol. The minimum Gasteiger partial charge on any atom is -0.449 e. The number of ether oxygens (including phenoxy) is 1. The molecule has 49 heavy (non-hydrogen) atoms. The van der Waals surface area contributed by atoms with Crippen molar-refractivity contribution in [3.63, 3.8) is 0 Å². The van der Waals surface area contributed by atoms with Crippen molar-refractivity contribution in [1.29, 1.82) is 0 Å². The number of amides is 2. The van der Waals surface area contributed by atoms with Gasteiger partial charge in [-0.3, -0.25) is 20.2 Å². The first kappa shape index (κ1) is 37.4. The molecule has 2 aromatic heterocycles. The van der Waals surface area contributed by atoms with Gasteiger partial charge in [0.1, 0.15) is 5.02 Å². The number of anilines is 2. The number of unbranched alkanes of at least 4 members (excludes halogenated alkanes) is 11. The first-order valence-corrected chi connectivity index (χ1v) is 17.6. The quantitative estimate of drug-likeness (QED) is 0.0531. The Morgan fingerprint density at radius 1 is 0.918 bits per heavy atom. The summed E-state index contributed by atoms with van der Waals surface area (Å²) in [5.41, 5.74) is 1.77. The number of aromatic amines is 1. The fourth-order valence-corrected chi connectivity index (χ4v) is 5.99. The predicted octanol–water partition coefficient (Wildman–Crippen LogP) is 10.1. The molecule has 0 saturated heterocycles. The van der Waals surface area contributed by atoms with Crippen molar-refractivity contribution in [3.8, 4) is 11.4 Å². The normalized spacial score (nSPS) is 11.5. The van der Waals surface area contributed by atoms with Crippen LogP contribution in [0.15, 0.2) is 42.5 Å². The second kappa shape index (κ2) is 17.8. The predicted molar refractivity (Wildman–Crippen MR) is 194 cm³/mol. The molecule has 2 heterocycles. The number of nitro groups is 1. The van der Waals surface area contributed by atoms with Crippen molar-refractivity contribution in [2.45, 2.75) is 110 Å². The largest absolute Gasteiger partial charge is 0.449 e. The molecule has 0 fully saturated rings. The van der Waals surface area contributed by atoms with Gasteiger partial charge in [0.2, 0.25) is 0 Å². The highest BCUT2D eigenvalue weighted by atomic mass is 35.5. The van der Waals surface area contributed by atoms with Crippen molar-refractivity contribution in [1.82, 2.24) is 19.8 Å². The highest BCUT2D eigenvalue weighted by Crippen LogP contribution is 2.34. The molecule has 0 radical (unpaired) electrons. The minimum atomic E-state index is -0.589. The topological polar surface area (TPSA) is 157 Å². The summed E-state index contributed by atoms with van der Waals surface area (Å²) >= 11 is 6.59. The summed E-state index contributed by atoms with van der Waals surface area (Å²) in [6, 6.07) is 10.5. The van der Waals surface area contributed by atoms with Crippen molar-refractivity contribution in [2.75, 3.05) is 17.2 Å². The number of carbonyl (C=O) groups excluding carboxylic acids is 2. The molecule has 0 saturated carbocycles. The number of rotatable bonds is 18. The molecule has 0 bridgehead atoms. The van der Waals surface area contributed by atoms with Gasteiger partial charge in [-0.25, -0.2) is 4.79 Å². The first-order chi connectivity index (χ1) is 23.5. The molecule has 2 amide bonds. The molecule has 0 spiro atoms. The molecule has 264 valence electrons. The monoisotopic (exact) mass is 693 g/mol. The lowest BCUT2D eigenvalue weighted by Crippen LogP contribution is -2.16. The maximum atomic E-state index is 13.3. The standard InChI is InChI=1S/C36H48ClN7O5/c1-5-6-7-8-9-10-11-12-13-14-15-16-22-49-35(46)38-26-19-17-18-25(23-26)34(45)39-29-21-20-27(44(47)48)24-28(29)32-40-33-30(37)31(36(2,3)4)41-43(33)42-32/h17-21,23-24H,5-16,22H2,1-4H3,(H,38,46)(H,39,45)(H,40,42). The SMILES string of the molecule is CCCCCCCCCCCCCCOC(=O)Nc1cccc(C(=O)Nc2ccc([N+](=O)[O-])cc2-c2nn3nc(C(C)(C)C)c(Cl)c3[nH]2)c1. The summed E-state index contributed by atoms with van der Waals surface area (Å²) in [6.45, 7) is 8.49. The Bertz CT molecular complexity index is 1730. The number of H-pyrrole nitrogens is 1. The molecule has 2 aromatic carbocycles. The highest BCUT2D eigenvalue weighted by Gasteiger charge is 2.26. The van der Waals surface area contributed by atoms with Gasteiger partial charge in [-0.05, 0) is 30.7 Å². The van der Waals surface area contributed by atoms with Gasteiger partial charge in [0, 0.05) is 34.4 Å². The number of fused-ring (bicyclic) bond motifs is 1. The zero-order valence-electron chi connectivity index (χ0n) is 28.9. The van der Waals surface area contributed by atoms with E-state index >= 15 is 0 Å². The number of aromatic nitrogens is 4. The van der Waals surface area contributed by atoms with Crippen LogP contribution in [0.25, 0.3) is 17.0 Å². The van der Waals surface area contributed by atoms with E-state index in [1.165, 1.54) is 86.7 Å². The molecule has 0 aliphatic carbocycles. The van der Waals surface area contributed by atoms with Crippen LogP contribution in [0.4, 0.5) is 21.9 Å². The number of nitro benzene ring substituents is 1. The minimum absolute atomic E-state index is 0.184.